The van der Waals surface area contributed by atoms with E-state index < -0.39 is 5.97 Å². The molecule has 0 aliphatic carbocycles. The molecule has 6 nitrogen and oxygen atoms in total. The summed E-state index contributed by atoms with van der Waals surface area (Å²) in [5.41, 5.74) is 1.85. The van der Waals surface area contributed by atoms with Gasteiger partial charge < -0.3 is 18.9 Å². The van der Waals surface area contributed by atoms with Crippen molar-refractivity contribution in [3.63, 3.8) is 0 Å². The average molecular weight is 365 g/mol. The summed E-state index contributed by atoms with van der Waals surface area (Å²) in [5, 5.41) is 0. The highest BCUT2D eigenvalue weighted by molar-refractivity contribution is 6.11. The van der Waals surface area contributed by atoms with Gasteiger partial charge in [0.25, 0.3) is 0 Å². The number of aliphatic imine (C=N–C) groups is 1. The van der Waals surface area contributed by atoms with E-state index >= 15 is 0 Å². The minimum absolute atomic E-state index is 0.192. The zero-order valence-corrected chi connectivity index (χ0v) is 15.3. The third kappa shape index (κ3) is 4.17. The molecule has 0 N–H and O–H groups in total. The van der Waals surface area contributed by atoms with Crippen molar-refractivity contribution in [2.24, 2.45) is 4.99 Å². The second-order valence-electron chi connectivity index (χ2n) is 5.57. The molecular weight excluding hydrogens is 346 g/mol. The van der Waals surface area contributed by atoms with Gasteiger partial charge in [0.05, 0.1) is 21.3 Å². The van der Waals surface area contributed by atoms with Crippen LogP contribution in [0.2, 0.25) is 0 Å². The molecule has 0 amide bonds. The number of esters is 1. The van der Waals surface area contributed by atoms with E-state index in [1.807, 2.05) is 36.4 Å². The molecule has 0 atom stereocenters. The molecule has 138 valence electrons. The highest BCUT2D eigenvalue weighted by Gasteiger charge is 2.22. The summed E-state index contributed by atoms with van der Waals surface area (Å²) in [6.07, 6.45) is 5.09. The highest BCUT2D eigenvalue weighted by atomic mass is 16.6. The standard InChI is InChI=1S/C21H19NO5/c1-24-17-12-15(13-18(25-2)20(17)26-3)11-16-21(23)27-19(22-16)10-9-14-7-5-4-6-8-14/h4-13H,1-3H3/b10-9+,16-11+. The van der Waals surface area contributed by atoms with Crippen LogP contribution in [-0.4, -0.2) is 33.2 Å². The van der Waals surface area contributed by atoms with Crippen LogP contribution < -0.4 is 14.2 Å². The molecule has 6 heteroatoms. The molecule has 2 aromatic carbocycles. The van der Waals surface area contributed by atoms with E-state index in [0.29, 0.717) is 22.8 Å². The van der Waals surface area contributed by atoms with Gasteiger partial charge in [0.15, 0.2) is 17.2 Å². The molecular formula is C21H19NO5. The Hall–Kier alpha value is -3.54. The molecule has 0 bridgehead atoms. The first kappa shape index (κ1) is 18.3. The predicted octanol–water partition coefficient (Wildman–Crippen LogP) is 3.72. The van der Waals surface area contributed by atoms with Gasteiger partial charge in [-0.25, -0.2) is 9.79 Å². The Labute approximate surface area is 157 Å². The zero-order valence-electron chi connectivity index (χ0n) is 15.3. The van der Waals surface area contributed by atoms with E-state index in [4.69, 9.17) is 18.9 Å². The third-order valence-corrected chi connectivity index (χ3v) is 3.85. The van der Waals surface area contributed by atoms with E-state index in [1.165, 1.54) is 21.3 Å². The molecule has 0 unspecified atom stereocenters. The van der Waals surface area contributed by atoms with Crippen molar-refractivity contribution < 1.29 is 23.7 Å². The van der Waals surface area contributed by atoms with Crippen molar-refractivity contribution in [2.45, 2.75) is 0 Å². The number of nitrogens with zero attached hydrogens (tertiary/aromatic N) is 1. The van der Waals surface area contributed by atoms with Gasteiger partial charge in [0.1, 0.15) is 0 Å². The lowest BCUT2D eigenvalue weighted by atomic mass is 10.1. The molecule has 0 fully saturated rings. The molecule has 1 heterocycles. The summed E-state index contributed by atoms with van der Waals surface area (Å²) in [5.74, 6) is 1.18. The van der Waals surface area contributed by atoms with Gasteiger partial charge in [-0.1, -0.05) is 30.3 Å². The Morgan fingerprint density at radius 2 is 1.56 bits per heavy atom. The van der Waals surface area contributed by atoms with Gasteiger partial charge >= 0.3 is 5.97 Å². The molecule has 0 spiro atoms. The van der Waals surface area contributed by atoms with Crippen LogP contribution in [0.15, 0.2) is 59.2 Å². The van der Waals surface area contributed by atoms with Gasteiger partial charge in [-0.3, -0.25) is 0 Å². The molecule has 1 aliphatic rings. The fourth-order valence-electron chi connectivity index (χ4n) is 2.57. The van der Waals surface area contributed by atoms with Crippen LogP contribution in [0.4, 0.5) is 0 Å². The number of rotatable bonds is 6. The van der Waals surface area contributed by atoms with Gasteiger partial charge in [-0.2, -0.15) is 0 Å². The van der Waals surface area contributed by atoms with E-state index in [-0.39, 0.29) is 11.6 Å². The molecule has 0 radical (unpaired) electrons. The number of benzene rings is 2. The molecule has 0 aromatic heterocycles. The molecule has 0 saturated carbocycles. The summed E-state index contributed by atoms with van der Waals surface area (Å²) < 4.78 is 21.1. The first-order valence-corrected chi connectivity index (χ1v) is 8.20. The van der Waals surface area contributed by atoms with E-state index in [9.17, 15) is 4.79 Å². The van der Waals surface area contributed by atoms with Crippen LogP contribution in [0.5, 0.6) is 17.2 Å². The quantitative estimate of drug-likeness (QED) is 0.577. The summed E-state index contributed by atoms with van der Waals surface area (Å²) >= 11 is 0. The molecule has 2 aromatic rings. The van der Waals surface area contributed by atoms with E-state index in [2.05, 4.69) is 4.99 Å². The van der Waals surface area contributed by atoms with E-state index in [1.54, 1.807) is 24.3 Å². The topological polar surface area (TPSA) is 66.4 Å². The maximum absolute atomic E-state index is 12.1. The van der Waals surface area contributed by atoms with E-state index in [0.717, 1.165) is 5.56 Å². The SMILES string of the molecule is COc1cc(/C=C2N=C(/C=C/c3ccccc3)OC/2=O)cc(OC)c1OC. The number of methoxy groups -OCH3 is 3. The second-order valence-corrected chi connectivity index (χ2v) is 5.57. The first-order valence-electron chi connectivity index (χ1n) is 8.20. The van der Waals surface area contributed by atoms with Gasteiger partial charge in [-0.05, 0) is 35.4 Å². The number of carbonyl (C=O) groups is 1. The van der Waals surface area contributed by atoms with Crippen LogP contribution in [-0.2, 0) is 9.53 Å². The van der Waals surface area contributed by atoms with Crippen molar-refractivity contribution in [3.8, 4) is 17.2 Å². The Morgan fingerprint density at radius 3 is 2.15 bits per heavy atom. The van der Waals surface area contributed by atoms with Crippen LogP contribution in [0, 0.1) is 0 Å². The predicted molar refractivity (Wildman–Crippen MR) is 103 cm³/mol. The third-order valence-electron chi connectivity index (χ3n) is 3.85. The summed E-state index contributed by atoms with van der Waals surface area (Å²) in [6.45, 7) is 0. The number of ether oxygens (including phenoxy) is 4. The largest absolute Gasteiger partial charge is 0.493 e. The van der Waals surface area contributed by atoms with Crippen molar-refractivity contribution >= 4 is 24.0 Å². The Kier molecular flexibility index (Phi) is 5.56. The molecule has 0 saturated heterocycles. The normalized spacial score (nSPS) is 15.0. The number of hydrogen-bond donors (Lipinski definition) is 0. The maximum atomic E-state index is 12.1. The molecule has 3 rings (SSSR count). The number of carbonyl (C=O) groups excluding carboxylic acids is 1. The van der Waals surface area contributed by atoms with Crippen molar-refractivity contribution in [2.75, 3.05) is 21.3 Å². The number of hydrogen-bond acceptors (Lipinski definition) is 6. The van der Waals surface area contributed by atoms with Crippen molar-refractivity contribution in [1.29, 1.82) is 0 Å². The van der Waals surface area contributed by atoms with Gasteiger partial charge in [-0.15, -0.1) is 0 Å². The lowest BCUT2D eigenvalue weighted by Crippen LogP contribution is -2.01. The minimum Gasteiger partial charge on any atom is -0.493 e. The lowest BCUT2D eigenvalue weighted by Gasteiger charge is -2.12. The fraction of sp³-hybridized carbons (Fsp3) is 0.143. The van der Waals surface area contributed by atoms with Gasteiger partial charge in [0.2, 0.25) is 11.6 Å². The Bertz CT molecular complexity index is 904. The minimum atomic E-state index is -0.517. The van der Waals surface area contributed by atoms with Crippen LogP contribution in [0.1, 0.15) is 11.1 Å². The Morgan fingerprint density at radius 1 is 0.889 bits per heavy atom. The fourth-order valence-corrected chi connectivity index (χ4v) is 2.57. The van der Waals surface area contributed by atoms with Crippen LogP contribution >= 0.6 is 0 Å². The van der Waals surface area contributed by atoms with Crippen molar-refractivity contribution in [1.82, 2.24) is 0 Å². The second kappa shape index (κ2) is 8.23. The van der Waals surface area contributed by atoms with Crippen LogP contribution in [0.25, 0.3) is 12.2 Å². The smallest absolute Gasteiger partial charge is 0.363 e. The summed E-state index contributed by atoms with van der Waals surface area (Å²) in [4.78, 5) is 16.3. The van der Waals surface area contributed by atoms with Gasteiger partial charge in [0, 0.05) is 6.08 Å². The molecule has 1 aliphatic heterocycles. The molecule has 27 heavy (non-hydrogen) atoms. The number of cyclic esters (lactones) is 1. The Balaban J connectivity index is 1.89. The summed E-state index contributed by atoms with van der Waals surface area (Å²) in [7, 11) is 4.59. The highest BCUT2D eigenvalue weighted by Crippen LogP contribution is 2.38. The zero-order chi connectivity index (χ0) is 19.2. The monoisotopic (exact) mass is 365 g/mol. The summed E-state index contributed by atoms with van der Waals surface area (Å²) in [6, 6.07) is 13.1. The van der Waals surface area contributed by atoms with Crippen molar-refractivity contribution in [3.05, 3.63) is 65.4 Å². The average Bonchev–Trinajstić information content (AvgIpc) is 3.05. The lowest BCUT2D eigenvalue weighted by molar-refractivity contribution is -0.129. The maximum Gasteiger partial charge on any atom is 0.363 e. The van der Waals surface area contributed by atoms with Crippen LogP contribution in [0.3, 0.4) is 0 Å². The first-order chi connectivity index (χ1) is 13.1.